The van der Waals surface area contributed by atoms with Crippen molar-refractivity contribution in [1.29, 1.82) is 0 Å². The molecule has 0 saturated carbocycles. The zero-order valence-corrected chi connectivity index (χ0v) is 14.7. The van der Waals surface area contributed by atoms with Gasteiger partial charge in [0.1, 0.15) is 11.6 Å². The van der Waals surface area contributed by atoms with Crippen molar-refractivity contribution in [2.75, 3.05) is 20.7 Å². The van der Waals surface area contributed by atoms with Crippen LogP contribution in [0.1, 0.15) is 6.92 Å². The Labute approximate surface area is 140 Å². The lowest BCUT2D eigenvalue weighted by molar-refractivity contribution is 0.239. The molecule has 0 aliphatic rings. The summed E-state index contributed by atoms with van der Waals surface area (Å²) in [7, 11) is -0.237. The van der Waals surface area contributed by atoms with Crippen molar-refractivity contribution < 1.29 is 18.0 Å². The highest BCUT2D eigenvalue weighted by molar-refractivity contribution is 7.51. The van der Waals surface area contributed by atoms with Gasteiger partial charge in [-0.2, -0.15) is 0 Å². The van der Waals surface area contributed by atoms with Crippen LogP contribution in [0.25, 0.3) is 21.5 Å². The van der Waals surface area contributed by atoms with Gasteiger partial charge in [0.2, 0.25) is 0 Å². The number of hydrogen-bond acceptors (Lipinski definition) is 3. The molecular formula is C18H19FNO3P. The molecule has 0 aliphatic heterocycles. The van der Waals surface area contributed by atoms with Crippen molar-refractivity contribution in [3.05, 3.63) is 54.3 Å². The highest BCUT2D eigenvalue weighted by Crippen LogP contribution is 2.51. The van der Waals surface area contributed by atoms with Crippen molar-refractivity contribution in [2.24, 2.45) is 0 Å². The van der Waals surface area contributed by atoms with Gasteiger partial charge in [-0.05, 0) is 56.1 Å². The van der Waals surface area contributed by atoms with E-state index in [-0.39, 0.29) is 12.4 Å². The van der Waals surface area contributed by atoms with E-state index >= 15 is 0 Å². The third kappa shape index (κ3) is 3.03. The summed E-state index contributed by atoms with van der Waals surface area (Å²) in [6.45, 7) is 1.99. The summed E-state index contributed by atoms with van der Waals surface area (Å²) < 4.78 is 39.6. The van der Waals surface area contributed by atoms with Crippen LogP contribution in [-0.2, 0) is 9.09 Å². The van der Waals surface area contributed by atoms with Crippen molar-refractivity contribution in [1.82, 2.24) is 4.67 Å². The molecule has 0 aromatic heterocycles. The minimum absolute atomic E-state index is 0.248. The second-order valence-electron chi connectivity index (χ2n) is 5.62. The monoisotopic (exact) mass is 347 g/mol. The van der Waals surface area contributed by atoms with Gasteiger partial charge in [-0.15, -0.1) is 0 Å². The number of rotatable bonds is 5. The molecule has 0 N–H and O–H groups in total. The zero-order valence-electron chi connectivity index (χ0n) is 13.8. The number of fused-ring (bicyclic) bond motifs is 2. The van der Waals surface area contributed by atoms with Crippen LogP contribution in [0.5, 0.6) is 5.75 Å². The van der Waals surface area contributed by atoms with E-state index in [4.69, 9.17) is 9.05 Å². The van der Waals surface area contributed by atoms with Crippen LogP contribution in [-0.4, -0.2) is 25.4 Å². The average molecular weight is 347 g/mol. The maximum atomic E-state index is 14.3. The molecule has 0 fully saturated rings. The van der Waals surface area contributed by atoms with E-state index in [2.05, 4.69) is 0 Å². The molecule has 3 aromatic rings. The van der Waals surface area contributed by atoms with Crippen molar-refractivity contribution in [3.63, 3.8) is 0 Å². The van der Waals surface area contributed by atoms with Gasteiger partial charge in [0, 0.05) is 10.8 Å². The molecule has 126 valence electrons. The molecule has 0 bridgehead atoms. The Morgan fingerprint density at radius 1 is 1.04 bits per heavy atom. The molecule has 0 heterocycles. The molecule has 0 amide bonds. The molecule has 3 rings (SSSR count). The molecule has 0 radical (unpaired) electrons. The number of halogens is 1. The van der Waals surface area contributed by atoms with Gasteiger partial charge in [0.05, 0.1) is 6.61 Å². The highest BCUT2D eigenvalue weighted by atomic mass is 31.2. The largest absolute Gasteiger partial charge is 0.460 e. The normalized spacial score (nSPS) is 14.2. The smallest absolute Gasteiger partial charge is 0.412 e. The molecule has 24 heavy (non-hydrogen) atoms. The maximum absolute atomic E-state index is 14.3. The number of nitrogens with zero attached hydrogens (tertiary/aromatic N) is 1. The lowest BCUT2D eigenvalue weighted by Crippen LogP contribution is -2.15. The zero-order chi connectivity index (χ0) is 17.3. The third-order valence-electron chi connectivity index (χ3n) is 3.79. The van der Waals surface area contributed by atoms with Crippen LogP contribution in [0.2, 0.25) is 0 Å². The second-order valence-corrected chi connectivity index (χ2v) is 7.79. The first kappa shape index (κ1) is 16.9. The maximum Gasteiger partial charge on any atom is 0.460 e. The summed E-state index contributed by atoms with van der Waals surface area (Å²) in [5, 5.41) is 2.88. The first-order valence-corrected chi connectivity index (χ1v) is 9.17. The predicted octanol–water partition coefficient (Wildman–Crippen LogP) is 5.22. The Morgan fingerprint density at radius 3 is 2.25 bits per heavy atom. The van der Waals surface area contributed by atoms with Gasteiger partial charge < -0.3 is 4.52 Å². The van der Waals surface area contributed by atoms with Crippen molar-refractivity contribution >= 4 is 29.3 Å². The first-order chi connectivity index (χ1) is 11.4. The van der Waals surface area contributed by atoms with E-state index < -0.39 is 7.75 Å². The van der Waals surface area contributed by atoms with Gasteiger partial charge in [-0.25, -0.2) is 13.6 Å². The van der Waals surface area contributed by atoms with Gasteiger partial charge in [-0.1, -0.05) is 24.3 Å². The molecular weight excluding hydrogens is 328 g/mol. The molecule has 0 spiro atoms. The van der Waals surface area contributed by atoms with Crippen LogP contribution in [0, 0.1) is 5.82 Å². The Hall–Kier alpha value is -1.94. The van der Waals surface area contributed by atoms with Gasteiger partial charge in [0.15, 0.2) is 0 Å². The van der Waals surface area contributed by atoms with Crippen LogP contribution in [0.15, 0.2) is 48.5 Å². The molecule has 4 nitrogen and oxygen atoms in total. The predicted molar refractivity (Wildman–Crippen MR) is 95.0 cm³/mol. The van der Waals surface area contributed by atoms with E-state index in [1.807, 2.05) is 30.3 Å². The summed E-state index contributed by atoms with van der Waals surface area (Å²) in [5.41, 5.74) is 0. The third-order valence-corrected chi connectivity index (χ3v) is 5.78. The van der Waals surface area contributed by atoms with Crippen LogP contribution >= 0.6 is 7.75 Å². The highest BCUT2D eigenvalue weighted by Gasteiger charge is 2.30. The van der Waals surface area contributed by atoms with Crippen molar-refractivity contribution in [2.45, 2.75) is 6.92 Å². The first-order valence-electron chi connectivity index (χ1n) is 7.67. The van der Waals surface area contributed by atoms with Crippen LogP contribution in [0.4, 0.5) is 4.39 Å². The lowest BCUT2D eigenvalue weighted by atomic mass is 10.0. The van der Waals surface area contributed by atoms with Crippen LogP contribution < -0.4 is 4.52 Å². The minimum Gasteiger partial charge on any atom is -0.412 e. The topological polar surface area (TPSA) is 38.8 Å². The Balaban J connectivity index is 2.19. The summed E-state index contributed by atoms with van der Waals surface area (Å²) >= 11 is 0. The Bertz CT molecular complexity index is 942. The van der Waals surface area contributed by atoms with E-state index in [9.17, 15) is 8.96 Å². The fourth-order valence-corrected chi connectivity index (χ4v) is 3.74. The lowest BCUT2D eigenvalue weighted by Gasteiger charge is -2.24. The standard InChI is InChI=1S/C18H19FNO3P/c1-4-22-24(21,20(2)3)23-18-10-9-17(19)15-11-13-7-5-6-8-14(13)12-16(15)18/h5-12H,4H2,1-3H3. The Kier molecular flexibility index (Phi) is 4.59. The summed E-state index contributed by atoms with van der Waals surface area (Å²) in [6, 6.07) is 14.1. The van der Waals surface area contributed by atoms with Gasteiger partial charge in [-0.3, -0.25) is 4.52 Å². The fraction of sp³-hybridized carbons (Fsp3) is 0.222. The minimum atomic E-state index is -3.48. The summed E-state index contributed by atoms with van der Waals surface area (Å²) in [6.07, 6.45) is 0. The molecule has 3 aromatic carbocycles. The fourth-order valence-electron chi connectivity index (χ4n) is 2.56. The molecule has 1 unspecified atom stereocenters. The van der Waals surface area contributed by atoms with Crippen LogP contribution in [0.3, 0.4) is 0 Å². The van der Waals surface area contributed by atoms with E-state index in [1.54, 1.807) is 27.1 Å². The molecule has 1 atom stereocenters. The average Bonchev–Trinajstić information content (AvgIpc) is 2.56. The SMILES string of the molecule is CCOP(=O)(Oc1ccc(F)c2cc3ccccc3cc12)N(C)C. The molecule has 6 heteroatoms. The Morgan fingerprint density at radius 2 is 1.67 bits per heavy atom. The van der Waals surface area contributed by atoms with E-state index in [0.29, 0.717) is 16.5 Å². The quantitative estimate of drug-likeness (QED) is 0.469. The van der Waals surface area contributed by atoms with Crippen molar-refractivity contribution in [3.8, 4) is 5.75 Å². The van der Waals surface area contributed by atoms with Gasteiger partial charge >= 0.3 is 7.75 Å². The van der Waals surface area contributed by atoms with Gasteiger partial charge in [0.25, 0.3) is 0 Å². The molecule has 0 saturated heterocycles. The molecule has 0 aliphatic carbocycles. The van der Waals surface area contributed by atoms with E-state index in [1.165, 1.54) is 16.8 Å². The number of benzene rings is 3. The second kappa shape index (κ2) is 6.52. The van der Waals surface area contributed by atoms with E-state index in [0.717, 1.165) is 10.8 Å². The summed E-state index contributed by atoms with van der Waals surface area (Å²) in [5.74, 6) is -0.0122. The summed E-state index contributed by atoms with van der Waals surface area (Å²) in [4.78, 5) is 0. The number of hydrogen-bond donors (Lipinski definition) is 0.